The summed E-state index contributed by atoms with van der Waals surface area (Å²) in [5.74, 6) is 0. The molecule has 0 saturated heterocycles. The molecule has 1 saturated carbocycles. The van der Waals surface area contributed by atoms with Crippen LogP contribution in [-0.4, -0.2) is 17.5 Å². The Balaban J connectivity index is 1.68. The maximum absolute atomic E-state index is 12.6. The highest BCUT2D eigenvalue weighted by molar-refractivity contribution is 5.76. The van der Waals surface area contributed by atoms with Crippen LogP contribution in [0.2, 0.25) is 0 Å². The molecule has 0 heterocycles. The molecule has 3 nitrogen and oxygen atoms in total. The molecule has 2 amide bonds. The normalized spacial score (nSPS) is 15.1. The molecule has 2 aromatic rings. The van der Waals surface area contributed by atoms with E-state index in [4.69, 9.17) is 0 Å². The number of amides is 2. The number of rotatable bonds is 5. The van der Waals surface area contributed by atoms with Crippen molar-refractivity contribution < 1.29 is 4.79 Å². The van der Waals surface area contributed by atoms with Crippen LogP contribution < -0.4 is 5.32 Å². The van der Waals surface area contributed by atoms with Gasteiger partial charge in [-0.3, -0.25) is 0 Å². The first-order chi connectivity index (χ1) is 10.7. The molecule has 3 rings (SSSR count). The number of hydrogen-bond donors (Lipinski definition) is 1. The quantitative estimate of drug-likeness (QED) is 0.891. The van der Waals surface area contributed by atoms with Gasteiger partial charge in [0.15, 0.2) is 0 Å². The highest BCUT2D eigenvalue weighted by Gasteiger charge is 2.46. The van der Waals surface area contributed by atoms with Crippen molar-refractivity contribution in [3.05, 3.63) is 71.8 Å². The van der Waals surface area contributed by atoms with Crippen molar-refractivity contribution in [2.75, 3.05) is 6.54 Å². The fourth-order valence-corrected chi connectivity index (χ4v) is 2.78. The predicted molar refractivity (Wildman–Crippen MR) is 88.4 cm³/mol. The zero-order valence-corrected chi connectivity index (χ0v) is 13.0. The van der Waals surface area contributed by atoms with Crippen molar-refractivity contribution >= 4 is 6.03 Å². The lowest BCUT2D eigenvalue weighted by Crippen LogP contribution is -2.44. The minimum Gasteiger partial charge on any atom is -0.328 e. The van der Waals surface area contributed by atoms with E-state index in [1.165, 1.54) is 5.56 Å². The Morgan fingerprint density at radius 2 is 1.64 bits per heavy atom. The van der Waals surface area contributed by atoms with Crippen molar-refractivity contribution in [1.29, 1.82) is 0 Å². The number of urea groups is 1. The SMILES string of the molecule is CCN(Cc1ccccc1)C(=O)NC1(c2ccccc2)CC1. The van der Waals surface area contributed by atoms with E-state index in [1.54, 1.807) is 0 Å². The molecule has 22 heavy (non-hydrogen) atoms. The second kappa shape index (κ2) is 6.22. The molecular weight excluding hydrogens is 272 g/mol. The van der Waals surface area contributed by atoms with Gasteiger partial charge in [-0.05, 0) is 30.9 Å². The molecule has 1 aliphatic carbocycles. The van der Waals surface area contributed by atoms with Crippen molar-refractivity contribution in [2.24, 2.45) is 0 Å². The van der Waals surface area contributed by atoms with E-state index >= 15 is 0 Å². The molecule has 1 N–H and O–H groups in total. The maximum atomic E-state index is 12.6. The summed E-state index contributed by atoms with van der Waals surface area (Å²) >= 11 is 0. The van der Waals surface area contributed by atoms with E-state index in [0.29, 0.717) is 13.1 Å². The molecule has 0 aromatic heterocycles. The summed E-state index contributed by atoms with van der Waals surface area (Å²) in [4.78, 5) is 14.5. The van der Waals surface area contributed by atoms with Crippen molar-refractivity contribution in [3.8, 4) is 0 Å². The highest BCUT2D eigenvalue weighted by Crippen LogP contribution is 2.45. The zero-order valence-electron chi connectivity index (χ0n) is 13.0. The van der Waals surface area contributed by atoms with Gasteiger partial charge in [0.2, 0.25) is 0 Å². The molecule has 0 unspecified atom stereocenters. The summed E-state index contributed by atoms with van der Waals surface area (Å²) in [5, 5.41) is 3.24. The van der Waals surface area contributed by atoms with E-state index in [1.807, 2.05) is 48.2 Å². The predicted octanol–water partition coefficient (Wildman–Crippen LogP) is 3.91. The topological polar surface area (TPSA) is 32.3 Å². The number of hydrogen-bond acceptors (Lipinski definition) is 1. The van der Waals surface area contributed by atoms with Gasteiger partial charge in [-0.2, -0.15) is 0 Å². The second-order valence-electron chi connectivity index (χ2n) is 5.88. The van der Waals surface area contributed by atoms with Gasteiger partial charge in [0, 0.05) is 13.1 Å². The van der Waals surface area contributed by atoms with Crippen LogP contribution in [0.4, 0.5) is 4.79 Å². The monoisotopic (exact) mass is 294 g/mol. The summed E-state index contributed by atoms with van der Waals surface area (Å²) < 4.78 is 0. The summed E-state index contributed by atoms with van der Waals surface area (Å²) in [5.41, 5.74) is 2.21. The Bertz CT molecular complexity index is 620. The molecule has 2 aromatic carbocycles. The van der Waals surface area contributed by atoms with Crippen molar-refractivity contribution in [1.82, 2.24) is 10.2 Å². The van der Waals surface area contributed by atoms with Crippen LogP contribution in [-0.2, 0) is 12.1 Å². The van der Waals surface area contributed by atoms with Crippen molar-refractivity contribution in [2.45, 2.75) is 31.8 Å². The van der Waals surface area contributed by atoms with Gasteiger partial charge in [-0.15, -0.1) is 0 Å². The van der Waals surface area contributed by atoms with Gasteiger partial charge in [0.1, 0.15) is 0 Å². The van der Waals surface area contributed by atoms with Gasteiger partial charge in [-0.25, -0.2) is 4.79 Å². The molecule has 0 atom stereocenters. The lowest BCUT2D eigenvalue weighted by Gasteiger charge is -2.26. The lowest BCUT2D eigenvalue weighted by atomic mass is 10.1. The van der Waals surface area contributed by atoms with E-state index in [9.17, 15) is 4.79 Å². The van der Waals surface area contributed by atoms with Gasteiger partial charge >= 0.3 is 6.03 Å². The first-order valence-corrected chi connectivity index (χ1v) is 7.90. The number of carbonyl (C=O) groups excluding carboxylic acids is 1. The largest absolute Gasteiger partial charge is 0.328 e. The van der Waals surface area contributed by atoms with Crippen LogP contribution in [0.25, 0.3) is 0 Å². The summed E-state index contributed by atoms with van der Waals surface area (Å²) in [6.07, 6.45) is 2.04. The van der Waals surface area contributed by atoms with Crippen LogP contribution in [0.5, 0.6) is 0 Å². The van der Waals surface area contributed by atoms with Gasteiger partial charge in [0.25, 0.3) is 0 Å². The van der Waals surface area contributed by atoms with Gasteiger partial charge in [-0.1, -0.05) is 60.7 Å². The average molecular weight is 294 g/mol. The number of carbonyl (C=O) groups is 1. The number of benzene rings is 2. The Morgan fingerprint density at radius 1 is 1.05 bits per heavy atom. The van der Waals surface area contributed by atoms with Crippen LogP contribution >= 0.6 is 0 Å². The maximum Gasteiger partial charge on any atom is 0.318 e. The number of nitrogens with one attached hydrogen (secondary N) is 1. The molecule has 0 bridgehead atoms. The highest BCUT2D eigenvalue weighted by atomic mass is 16.2. The molecular formula is C19H22N2O. The second-order valence-corrected chi connectivity index (χ2v) is 5.88. The first-order valence-electron chi connectivity index (χ1n) is 7.90. The minimum absolute atomic E-state index is 0.0210. The Morgan fingerprint density at radius 3 is 2.18 bits per heavy atom. The molecule has 114 valence electrons. The van der Waals surface area contributed by atoms with Crippen LogP contribution in [0.3, 0.4) is 0 Å². The summed E-state index contributed by atoms with van der Waals surface area (Å²) in [7, 11) is 0. The average Bonchev–Trinajstić information content (AvgIpc) is 3.35. The Hall–Kier alpha value is -2.29. The molecule has 1 aliphatic rings. The molecule has 1 fully saturated rings. The third-order valence-corrected chi connectivity index (χ3v) is 4.31. The lowest BCUT2D eigenvalue weighted by molar-refractivity contribution is 0.192. The standard InChI is InChI=1S/C19H22N2O/c1-2-21(15-16-9-5-3-6-10-16)18(22)20-19(13-14-19)17-11-7-4-8-12-17/h3-12H,2,13-15H2,1H3,(H,20,22). The number of nitrogens with zero attached hydrogens (tertiary/aromatic N) is 1. The zero-order chi connectivity index (χ0) is 15.4. The van der Waals surface area contributed by atoms with Crippen LogP contribution in [0, 0.1) is 0 Å². The van der Waals surface area contributed by atoms with Crippen LogP contribution in [0.1, 0.15) is 30.9 Å². The first kappa shape index (κ1) is 14.6. The molecule has 3 heteroatoms. The summed E-state index contributed by atoms with van der Waals surface area (Å²) in [6, 6.07) is 20.4. The van der Waals surface area contributed by atoms with E-state index in [2.05, 4.69) is 29.6 Å². The van der Waals surface area contributed by atoms with E-state index in [0.717, 1.165) is 18.4 Å². The third-order valence-electron chi connectivity index (χ3n) is 4.31. The fraction of sp³-hybridized carbons (Fsp3) is 0.316. The van der Waals surface area contributed by atoms with Crippen molar-refractivity contribution in [3.63, 3.8) is 0 Å². The summed E-state index contributed by atoms with van der Waals surface area (Å²) in [6.45, 7) is 3.37. The third kappa shape index (κ3) is 3.14. The molecule has 0 spiro atoms. The van der Waals surface area contributed by atoms with E-state index in [-0.39, 0.29) is 11.6 Å². The fourth-order valence-electron chi connectivity index (χ4n) is 2.78. The van der Waals surface area contributed by atoms with Gasteiger partial charge in [0.05, 0.1) is 5.54 Å². The molecule has 0 aliphatic heterocycles. The van der Waals surface area contributed by atoms with Crippen LogP contribution in [0.15, 0.2) is 60.7 Å². The Labute approximate surface area is 132 Å². The molecule has 0 radical (unpaired) electrons. The van der Waals surface area contributed by atoms with E-state index < -0.39 is 0 Å². The smallest absolute Gasteiger partial charge is 0.318 e. The Kier molecular flexibility index (Phi) is 4.14. The van der Waals surface area contributed by atoms with Gasteiger partial charge < -0.3 is 10.2 Å². The minimum atomic E-state index is -0.150.